The summed E-state index contributed by atoms with van der Waals surface area (Å²) >= 11 is 5.92. The van der Waals surface area contributed by atoms with Gasteiger partial charge in [0.15, 0.2) is 0 Å². The number of halogens is 4. The van der Waals surface area contributed by atoms with E-state index in [2.05, 4.69) is 45.0 Å². The smallest absolute Gasteiger partial charge is 0.417 e. The summed E-state index contributed by atoms with van der Waals surface area (Å²) in [6.45, 7) is 10.4. The molecule has 2 atom stereocenters. The van der Waals surface area contributed by atoms with E-state index < -0.39 is 36.5 Å². The number of carboxylic acids is 1. The van der Waals surface area contributed by atoms with Gasteiger partial charge in [-0.2, -0.15) is 13.2 Å². The zero-order chi connectivity index (χ0) is 30.2. The number of aliphatic carboxylic acids is 1. The molecule has 4 rings (SSSR count). The highest BCUT2D eigenvalue weighted by atomic mass is 35.5. The summed E-state index contributed by atoms with van der Waals surface area (Å²) in [6.07, 6.45) is -3.86. The Balaban J connectivity index is 1.79. The van der Waals surface area contributed by atoms with Gasteiger partial charge in [-0.1, -0.05) is 112 Å². The second-order valence-electron chi connectivity index (χ2n) is 12.2. The van der Waals surface area contributed by atoms with Crippen LogP contribution in [0.5, 0.6) is 0 Å². The van der Waals surface area contributed by atoms with Crippen LogP contribution in [0, 0.1) is 5.92 Å². The van der Waals surface area contributed by atoms with Gasteiger partial charge in [0.25, 0.3) is 8.32 Å². The minimum absolute atomic E-state index is 0.116. The van der Waals surface area contributed by atoms with Crippen molar-refractivity contribution in [3.63, 3.8) is 0 Å². The summed E-state index contributed by atoms with van der Waals surface area (Å²) < 4.78 is 48.5. The third-order valence-corrected chi connectivity index (χ3v) is 13.7. The van der Waals surface area contributed by atoms with Crippen LogP contribution in [0.1, 0.15) is 58.6 Å². The van der Waals surface area contributed by atoms with E-state index in [4.69, 9.17) is 16.0 Å². The quantitative estimate of drug-likeness (QED) is 0.280. The molecule has 1 aliphatic rings. The maximum atomic E-state index is 13.8. The number of alkyl halides is 3. The SMILES string of the molecule is CC1=C(C(=O)O)C(C)(c2ccc(Cl)c(C(F)(F)F)c2)CC(CO[Si](c2ccccc2)(c2ccccc2)C(C)(C)C)C1. The molecule has 0 amide bonds. The standard InChI is InChI=1S/C33H36ClF3O3Si/c1-22-18-23(20-32(5,29(22)30(38)39)24-16-17-28(34)27(19-24)33(35,36)37)21-40-41(31(2,3)4,25-12-8-6-9-13-25)26-14-10-7-11-15-26/h6-17,19,23H,18,20-21H2,1-5H3,(H,38,39). The van der Waals surface area contributed by atoms with Gasteiger partial charge in [-0.05, 0) is 58.8 Å². The third-order valence-electron chi connectivity index (χ3n) is 8.35. The monoisotopic (exact) mass is 600 g/mol. The van der Waals surface area contributed by atoms with Gasteiger partial charge in [0.05, 0.1) is 10.6 Å². The van der Waals surface area contributed by atoms with E-state index in [1.165, 1.54) is 12.1 Å². The van der Waals surface area contributed by atoms with Crippen LogP contribution in [0.3, 0.4) is 0 Å². The lowest BCUT2D eigenvalue weighted by Gasteiger charge is -2.45. The first-order valence-electron chi connectivity index (χ1n) is 13.7. The molecule has 0 aromatic heterocycles. The van der Waals surface area contributed by atoms with E-state index in [1.807, 2.05) is 36.4 Å². The first kappa shape index (κ1) is 31.1. The molecule has 2 unspecified atom stereocenters. The van der Waals surface area contributed by atoms with Crippen molar-refractivity contribution in [2.45, 2.75) is 64.1 Å². The maximum Gasteiger partial charge on any atom is 0.417 e. The molecule has 0 heterocycles. The highest BCUT2D eigenvalue weighted by molar-refractivity contribution is 6.99. The Morgan fingerprint density at radius 1 is 1.00 bits per heavy atom. The van der Waals surface area contributed by atoms with Crippen LogP contribution in [0.15, 0.2) is 90.0 Å². The van der Waals surface area contributed by atoms with Crippen molar-refractivity contribution in [3.05, 3.63) is 106 Å². The number of carbonyl (C=O) groups is 1. The molecule has 0 radical (unpaired) electrons. The Bertz CT molecular complexity index is 1390. The van der Waals surface area contributed by atoms with Crippen LogP contribution in [0.2, 0.25) is 10.1 Å². The lowest BCUT2D eigenvalue weighted by atomic mass is 9.64. The van der Waals surface area contributed by atoms with Crippen LogP contribution in [0.25, 0.3) is 0 Å². The molecule has 3 nitrogen and oxygen atoms in total. The van der Waals surface area contributed by atoms with E-state index in [1.54, 1.807) is 13.8 Å². The molecule has 1 aliphatic carbocycles. The molecule has 3 aromatic rings. The van der Waals surface area contributed by atoms with E-state index in [9.17, 15) is 23.1 Å². The minimum atomic E-state index is -4.66. The van der Waals surface area contributed by atoms with Gasteiger partial charge >= 0.3 is 12.1 Å². The average Bonchev–Trinajstić information content (AvgIpc) is 2.88. The van der Waals surface area contributed by atoms with Crippen LogP contribution in [-0.2, 0) is 20.8 Å². The van der Waals surface area contributed by atoms with Gasteiger partial charge in [0.1, 0.15) is 0 Å². The number of hydrogen-bond donors (Lipinski definition) is 1. The molecule has 3 aromatic carbocycles. The number of rotatable bonds is 7. The first-order valence-corrected chi connectivity index (χ1v) is 16.0. The Morgan fingerprint density at radius 3 is 2.00 bits per heavy atom. The lowest BCUT2D eigenvalue weighted by molar-refractivity contribution is -0.137. The van der Waals surface area contributed by atoms with Gasteiger partial charge in [-0.25, -0.2) is 4.79 Å². The van der Waals surface area contributed by atoms with Gasteiger partial charge in [-0.3, -0.25) is 0 Å². The van der Waals surface area contributed by atoms with Crippen LogP contribution in [-0.4, -0.2) is 26.0 Å². The fourth-order valence-electron chi connectivity index (χ4n) is 6.65. The van der Waals surface area contributed by atoms with Gasteiger partial charge < -0.3 is 9.53 Å². The third kappa shape index (κ3) is 5.90. The van der Waals surface area contributed by atoms with E-state index >= 15 is 0 Å². The Hall–Kier alpha value is -2.87. The number of carboxylic acid groups (broad SMARTS) is 1. The molecule has 0 saturated heterocycles. The van der Waals surface area contributed by atoms with Gasteiger partial charge in [0, 0.05) is 17.6 Å². The van der Waals surface area contributed by atoms with Crippen LogP contribution < -0.4 is 10.4 Å². The van der Waals surface area contributed by atoms with E-state index in [0.29, 0.717) is 25.0 Å². The average molecular weight is 601 g/mol. The molecule has 0 fully saturated rings. The summed E-state index contributed by atoms with van der Waals surface area (Å²) in [5, 5.41) is 11.8. The zero-order valence-electron chi connectivity index (χ0n) is 24.0. The molecule has 0 bridgehead atoms. The van der Waals surface area contributed by atoms with Gasteiger partial charge in [-0.15, -0.1) is 0 Å². The molecule has 1 N–H and O–H groups in total. The number of benzene rings is 3. The van der Waals surface area contributed by atoms with Crippen LogP contribution >= 0.6 is 11.6 Å². The molecular weight excluding hydrogens is 565 g/mol. The lowest BCUT2D eigenvalue weighted by Crippen LogP contribution is -2.67. The predicted molar refractivity (Wildman–Crippen MR) is 160 cm³/mol. The van der Waals surface area contributed by atoms with Crippen molar-refractivity contribution in [3.8, 4) is 0 Å². The molecule has 0 saturated carbocycles. The summed E-state index contributed by atoms with van der Waals surface area (Å²) in [4.78, 5) is 12.5. The summed E-state index contributed by atoms with van der Waals surface area (Å²) in [5.74, 6) is -1.24. The largest absolute Gasteiger partial charge is 0.478 e. The second-order valence-corrected chi connectivity index (χ2v) is 16.9. The van der Waals surface area contributed by atoms with Crippen molar-refractivity contribution in [1.82, 2.24) is 0 Å². The van der Waals surface area contributed by atoms with Crippen molar-refractivity contribution in [2.24, 2.45) is 5.92 Å². The topological polar surface area (TPSA) is 46.5 Å². The summed E-state index contributed by atoms with van der Waals surface area (Å²) in [7, 11) is -2.86. The van der Waals surface area contributed by atoms with Crippen molar-refractivity contribution in [1.29, 1.82) is 0 Å². The van der Waals surface area contributed by atoms with Crippen molar-refractivity contribution >= 4 is 36.3 Å². The van der Waals surface area contributed by atoms with E-state index in [-0.39, 0.29) is 22.1 Å². The summed E-state index contributed by atoms with van der Waals surface area (Å²) in [6, 6.07) is 24.2. The predicted octanol–water partition coefficient (Wildman–Crippen LogP) is 8.00. The molecule has 8 heteroatoms. The van der Waals surface area contributed by atoms with Crippen LogP contribution in [0.4, 0.5) is 13.2 Å². The zero-order valence-corrected chi connectivity index (χ0v) is 25.7. The number of hydrogen-bond acceptors (Lipinski definition) is 2. The molecule has 0 spiro atoms. The Labute approximate surface area is 246 Å². The summed E-state index contributed by atoms with van der Waals surface area (Å²) in [5.41, 5.74) is -1.08. The minimum Gasteiger partial charge on any atom is -0.478 e. The first-order chi connectivity index (χ1) is 19.1. The highest BCUT2D eigenvalue weighted by Gasteiger charge is 2.51. The molecule has 41 heavy (non-hydrogen) atoms. The van der Waals surface area contributed by atoms with Crippen molar-refractivity contribution in [2.75, 3.05) is 6.61 Å². The normalized spacial score (nSPS) is 20.3. The fraction of sp³-hybridized carbons (Fsp3) is 0.364. The Kier molecular flexibility index (Phi) is 8.66. The second kappa shape index (κ2) is 11.4. The van der Waals surface area contributed by atoms with E-state index in [0.717, 1.165) is 16.4 Å². The Morgan fingerprint density at radius 2 is 1.54 bits per heavy atom. The fourth-order valence-corrected chi connectivity index (χ4v) is 11.5. The maximum absolute atomic E-state index is 13.8. The highest BCUT2D eigenvalue weighted by Crippen LogP contribution is 2.48. The van der Waals surface area contributed by atoms with Gasteiger partial charge in [0.2, 0.25) is 0 Å². The van der Waals surface area contributed by atoms with Crippen molar-refractivity contribution < 1.29 is 27.5 Å². The molecule has 0 aliphatic heterocycles. The molecule has 218 valence electrons. The number of allylic oxidation sites excluding steroid dienone is 1. The molecular formula is C33H36ClF3O3Si.